The number of thioether (sulfide) groups is 1. The van der Waals surface area contributed by atoms with Crippen LogP contribution in [0.3, 0.4) is 0 Å². The van der Waals surface area contributed by atoms with Crippen LogP contribution in [0.5, 0.6) is 0 Å². The molecule has 1 amide bonds. The highest BCUT2D eigenvalue weighted by Crippen LogP contribution is 2.22. The Balaban J connectivity index is 1.67. The quantitative estimate of drug-likeness (QED) is 0.652. The molecule has 2 aromatic carbocycles. The Labute approximate surface area is 152 Å². The fourth-order valence-electron chi connectivity index (χ4n) is 2.47. The van der Waals surface area contributed by atoms with E-state index in [4.69, 9.17) is 0 Å². The molecule has 0 aliphatic rings. The first-order chi connectivity index (χ1) is 12.4. The lowest BCUT2D eigenvalue weighted by Gasteiger charge is -2.24. The number of para-hydroxylation sites is 2. The van der Waals surface area contributed by atoms with Crippen LogP contribution in [0.15, 0.2) is 59.8 Å². The molecule has 3 rings (SSSR count). The van der Waals surface area contributed by atoms with Crippen molar-refractivity contribution in [1.82, 2.24) is 14.9 Å². The van der Waals surface area contributed by atoms with Crippen molar-refractivity contribution in [2.75, 3.05) is 12.3 Å². The zero-order valence-corrected chi connectivity index (χ0v) is 14.5. The van der Waals surface area contributed by atoms with Crippen molar-refractivity contribution in [1.29, 1.82) is 0 Å². The largest absolute Gasteiger partial charge is 0.406 e. The smallest absolute Gasteiger partial charge is 0.333 e. The molecule has 0 atom stereocenters. The van der Waals surface area contributed by atoms with Crippen LogP contribution in [-0.2, 0) is 11.3 Å². The maximum atomic E-state index is 12.9. The molecule has 1 N–H and O–H groups in total. The van der Waals surface area contributed by atoms with Crippen molar-refractivity contribution < 1.29 is 18.0 Å². The Morgan fingerprint density at radius 2 is 1.77 bits per heavy atom. The number of rotatable bonds is 6. The summed E-state index contributed by atoms with van der Waals surface area (Å²) in [6.45, 7) is -1.36. The van der Waals surface area contributed by atoms with Gasteiger partial charge in [0, 0.05) is 6.54 Å². The van der Waals surface area contributed by atoms with Crippen LogP contribution in [0.2, 0.25) is 0 Å². The second-order valence-corrected chi connectivity index (χ2v) is 6.66. The molecule has 136 valence electrons. The van der Waals surface area contributed by atoms with Gasteiger partial charge in [0.1, 0.15) is 6.54 Å². The summed E-state index contributed by atoms with van der Waals surface area (Å²) < 4.78 is 38.6. The second-order valence-electron chi connectivity index (χ2n) is 5.70. The minimum atomic E-state index is -4.45. The predicted octanol–water partition coefficient (Wildman–Crippen LogP) is 4.25. The Hall–Kier alpha value is -2.48. The number of carbonyl (C=O) groups is 1. The zero-order chi connectivity index (χ0) is 18.6. The minimum absolute atomic E-state index is 0.0835. The molecule has 0 unspecified atom stereocenters. The number of halogens is 3. The van der Waals surface area contributed by atoms with E-state index in [-0.39, 0.29) is 12.3 Å². The monoisotopic (exact) mass is 379 g/mol. The molecular formula is C18H16F3N3OS. The lowest BCUT2D eigenvalue weighted by atomic mass is 10.2. The van der Waals surface area contributed by atoms with Gasteiger partial charge in [-0.05, 0) is 17.7 Å². The average Bonchev–Trinajstić information content (AvgIpc) is 3.02. The molecule has 0 aliphatic heterocycles. The molecule has 1 heterocycles. The van der Waals surface area contributed by atoms with E-state index >= 15 is 0 Å². The van der Waals surface area contributed by atoms with E-state index < -0.39 is 18.6 Å². The fourth-order valence-corrected chi connectivity index (χ4v) is 3.26. The lowest BCUT2D eigenvalue weighted by molar-refractivity contribution is -0.160. The highest BCUT2D eigenvalue weighted by molar-refractivity contribution is 7.99. The number of carbonyl (C=O) groups excluding carboxylic acids is 1. The fraction of sp³-hybridized carbons (Fsp3) is 0.222. The van der Waals surface area contributed by atoms with Crippen molar-refractivity contribution >= 4 is 28.7 Å². The number of benzene rings is 2. The van der Waals surface area contributed by atoms with Gasteiger partial charge in [0.2, 0.25) is 5.91 Å². The normalized spacial score (nSPS) is 11.7. The number of nitrogens with zero attached hydrogens (tertiary/aromatic N) is 2. The Kier molecular flexibility index (Phi) is 5.51. The van der Waals surface area contributed by atoms with Crippen LogP contribution in [0.1, 0.15) is 5.56 Å². The van der Waals surface area contributed by atoms with Crippen molar-refractivity contribution in [2.45, 2.75) is 17.9 Å². The maximum absolute atomic E-state index is 12.9. The van der Waals surface area contributed by atoms with E-state index in [0.717, 1.165) is 27.7 Å². The minimum Gasteiger partial charge on any atom is -0.333 e. The summed E-state index contributed by atoms with van der Waals surface area (Å²) >= 11 is 1.09. The molecule has 4 nitrogen and oxygen atoms in total. The predicted molar refractivity (Wildman–Crippen MR) is 94.7 cm³/mol. The van der Waals surface area contributed by atoms with Crippen molar-refractivity contribution in [3.05, 3.63) is 60.2 Å². The van der Waals surface area contributed by atoms with Gasteiger partial charge < -0.3 is 9.88 Å². The number of alkyl halides is 3. The summed E-state index contributed by atoms with van der Waals surface area (Å²) in [4.78, 5) is 20.6. The second kappa shape index (κ2) is 7.82. The van der Waals surface area contributed by atoms with Gasteiger partial charge in [-0.1, -0.05) is 54.2 Å². The third-order valence-electron chi connectivity index (χ3n) is 3.64. The number of amides is 1. The summed E-state index contributed by atoms with van der Waals surface area (Å²) in [5.74, 6) is -0.709. The van der Waals surface area contributed by atoms with Gasteiger partial charge >= 0.3 is 6.18 Å². The maximum Gasteiger partial charge on any atom is 0.406 e. The van der Waals surface area contributed by atoms with Gasteiger partial charge in [0.25, 0.3) is 0 Å². The molecule has 26 heavy (non-hydrogen) atoms. The van der Waals surface area contributed by atoms with Crippen LogP contribution >= 0.6 is 11.8 Å². The van der Waals surface area contributed by atoms with Gasteiger partial charge in [0.15, 0.2) is 5.16 Å². The van der Waals surface area contributed by atoms with Crippen LogP contribution in [-0.4, -0.2) is 39.2 Å². The summed E-state index contributed by atoms with van der Waals surface area (Å²) in [7, 11) is 0. The number of hydrogen-bond acceptors (Lipinski definition) is 3. The van der Waals surface area contributed by atoms with E-state index in [0.29, 0.717) is 10.7 Å². The summed E-state index contributed by atoms with van der Waals surface area (Å²) in [5.41, 5.74) is 2.22. The lowest BCUT2D eigenvalue weighted by Crippen LogP contribution is -2.39. The SMILES string of the molecule is O=C(CSc1nc2ccccc2[nH]1)N(Cc1ccccc1)CC(F)(F)F. The number of hydrogen-bond donors (Lipinski definition) is 1. The number of aromatic nitrogens is 2. The highest BCUT2D eigenvalue weighted by atomic mass is 32.2. The molecule has 0 radical (unpaired) electrons. The summed E-state index contributed by atoms with van der Waals surface area (Å²) in [5, 5.41) is 0.506. The Bertz CT molecular complexity index is 847. The van der Waals surface area contributed by atoms with Gasteiger partial charge in [-0.3, -0.25) is 4.79 Å². The van der Waals surface area contributed by atoms with Crippen LogP contribution in [0, 0.1) is 0 Å². The first-order valence-corrected chi connectivity index (χ1v) is 8.85. The number of H-pyrrole nitrogens is 1. The van der Waals surface area contributed by atoms with E-state index in [9.17, 15) is 18.0 Å². The number of aromatic amines is 1. The molecule has 0 saturated carbocycles. The van der Waals surface area contributed by atoms with Crippen molar-refractivity contribution in [3.8, 4) is 0 Å². The van der Waals surface area contributed by atoms with Gasteiger partial charge in [-0.2, -0.15) is 13.2 Å². The molecule has 8 heteroatoms. The topological polar surface area (TPSA) is 49.0 Å². The molecule has 3 aromatic rings. The highest BCUT2D eigenvalue weighted by Gasteiger charge is 2.33. The standard InChI is InChI=1S/C18H16F3N3OS/c19-18(20,21)12-24(10-13-6-2-1-3-7-13)16(25)11-26-17-22-14-8-4-5-9-15(14)23-17/h1-9H,10-12H2,(H,22,23). The number of imidazole rings is 1. The van der Waals surface area contributed by atoms with Crippen LogP contribution in [0.4, 0.5) is 13.2 Å². The van der Waals surface area contributed by atoms with Crippen molar-refractivity contribution in [3.63, 3.8) is 0 Å². The van der Waals surface area contributed by atoms with E-state index in [1.807, 2.05) is 24.3 Å². The van der Waals surface area contributed by atoms with Gasteiger partial charge in [-0.25, -0.2) is 4.98 Å². The third-order valence-corrected chi connectivity index (χ3v) is 4.50. The van der Waals surface area contributed by atoms with Gasteiger partial charge in [0.05, 0.1) is 16.8 Å². The molecule has 0 spiro atoms. The van der Waals surface area contributed by atoms with Crippen LogP contribution < -0.4 is 0 Å². The molecule has 0 aliphatic carbocycles. The summed E-state index contributed by atoms with van der Waals surface area (Å²) in [6.07, 6.45) is -4.45. The van der Waals surface area contributed by atoms with E-state index in [1.54, 1.807) is 30.3 Å². The van der Waals surface area contributed by atoms with Gasteiger partial charge in [-0.15, -0.1) is 0 Å². The molecule has 0 bridgehead atoms. The summed E-state index contributed by atoms with van der Waals surface area (Å²) in [6, 6.07) is 16.0. The first kappa shape index (κ1) is 18.3. The Morgan fingerprint density at radius 3 is 2.46 bits per heavy atom. The molecular weight excluding hydrogens is 363 g/mol. The molecule has 0 saturated heterocycles. The number of nitrogens with one attached hydrogen (secondary N) is 1. The average molecular weight is 379 g/mol. The van der Waals surface area contributed by atoms with E-state index in [2.05, 4.69) is 9.97 Å². The Morgan fingerprint density at radius 1 is 1.08 bits per heavy atom. The van der Waals surface area contributed by atoms with E-state index in [1.165, 1.54) is 0 Å². The molecule has 1 aromatic heterocycles. The molecule has 0 fully saturated rings. The first-order valence-electron chi connectivity index (χ1n) is 7.87. The van der Waals surface area contributed by atoms with Crippen LogP contribution in [0.25, 0.3) is 11.0 Å². The number of fused-ring (bicyclic) bond motifs is 1. The van der Waals surface area contributed by atoms with Crippen molar-refractivity contribution in [2.24, 2.45) is 0 Å². The zero-order valence-electron chi connectivity index (χ0n) is 13.7. The third kappa shape index (κ3) is 5.01.